The largest absolute Gasteiger partial charge is 0.405 e. The van der Waals surface area contributed by atoms with Crippen LogP contribution in [0.3, 0.4) is 0 Å². The number of halogens is 3. The zero-order chi connectivity index (χ0) is 12.1. The molecule has 0 amide bonds. The maximum absolute atomic E-state index is 12.1. The van der Waals surface area contributed by atoms with E-state index in [1.807, 2.05) is 0 Å². The van der Waals surface area contributed by atoms with Gasteiger partial charge in [-0.25, -0.2) is 0 Å². The minimum Gasteiger partial charge on any atom is -0.312 e. The highest BCUT2D eigenvalue weighted by Crippen LogP contribution is 2.24. The van der Waals surface area contributed by atoms with Gasteiger partial charge in [0.25, 0.3) is 0 Å². The van der Waals surface area contributed by atoms with Gasteiger partial charge in [-0.3, -0.25) is 4.21 Å². The summed E-state index contributed by atoms with van der Waals surface area (Å²) in [7, 11) is -1.06. The number of nitrogens with zero attached hydrogens (tertiary/aromatic N) is 1. The first-order valence-corrected chi connectivity index (χ1v) is 5.99. The molecule has 0 aliphatic carbocycles. The maximum atomic E-state index is 12.1. The van der Waals surface area contributed by atoms with Crippen molar-refractivity contribution in [2.24, 2.45) is 5.92 Å². The van der Waals surface area contributed by atoms with Crippen LogP contribution >= 0.6 is 0 Å². The van der Waals surface area contributed by atoms with Crippen LogP contribution in [0.5, 0.6) is 0 Å². The summed E-state index contributed by atoms with van der Waals surface area (Å²) in [5, 5.41) is 10.8. The summed E-state index contributed by atoms with van der Waals surface area (Å²) in [6, 6.07) is 0.890. The molecule has 1 N–H and O–H groups in total. The number of alkyl halides is 3. The van der Waals surface area contributed by atoms with Gasteiger partial charge in [0.1, 0.15) is 0 Å². The van der Waals surface area contributed by atoms with Crippen molar-refractivity contribution in [3.05, 3.63) is 0 Å². The molecule has 0 aromatic carbocycles. The summed E-state index contributed by atoms with van der Waals surface area (Å²) in [6.07, 6.45) is -3.03. The number of nitriles is 1. The molecule has 0 rings (SSSR count). The summed E-state index contributed by atoms with van der Waals surface area (Å²) in [5.41, 5.74) is 0. The predicted octanol–water partition coefficient (Wildman–Crippen LogP) is 1.05. The fourth-order valence-electron chi connectivity index (χ4n) is 0.965. The number of hydrogen-bond donors (Lipinski definition) is 1. The molecule has 0 bridgehead atoms. The number of rotatable bonds is 5. The molecule has 15 heavy (non-hydrogen) atoms. The fourth-order valence-corrected chi connectivity index (χ4v) is 1.79. The average molecular weight is 242 g/mol. The SMILES string of the molecule is CC(CS(C)=O)NCC(C#N)C(F)(F)F. The third kappa shape index (κ3) is 6.47. The van der Waals surface area contributed by atoms with Gasteiger partial charge < -0.3 is 5.32 Å². The fraction of sp³-hybridized carbons (Fsp3) is 0.875. The van der Waals surface area contributed by atoms with Crippen LogP contribution < -0.4 is 5.32 Å². The van der Waals surface area contributed by atoms with Crippen molar-refractivity contribution in [2.45, 2.75) is 19.1 Å². The molecule has 0 aromatic rings. The van der Waals surface area contributed by atoms with Crippen molar-refractivity contribution in [2.75, 3.05) is 18.6 Å². The Balaban J connectivity index is 4.03. The highest BCUT2D eigenvalue weighted by atomic mass is 32.2. The van der Waals surface area contributed by atoms with Crippen LogP contribution in [0.4, 0.5) is 13.2 Å². The average Bonchev–Trinajstić information content (AvgIpc) is 2.01. The van der Waals surface area contributed by atoms with E-state index in [1.165, 1.54) is 12.3 Å². The third-order valence-electron chi connectivity index (χ3n) is 1.71. The van der Waals surface area contributed by atoms with E-state index >= 15 is 0 Å². The topological polar surface area (TPSA) is 52.9 Å². The molecule has 0 aliphatic rings. The summed E-state index contributed by atoms with van der Waals surface area (Å²) in [5.74, 6) is -1.74. The normalized spacial score (nSPS) is 17.9. The van der Waals surface area contributed by atoms with Gasteiger partial charge in [-0.05, 0) is 6.92 Å². The zero-order valence-electron chi connectivity index (χ0n) is 8.47. The van der Waals surface area contributed by atoms with Gasteiger partial charge in [0.05, 0.1) is 6.07 Å². The molecule has 0 saturated carbocycles. The van der Waals surface area contributed by atoms with Crippen molar-refractivity contribution in [1.82, 2.24) is 5.32 Å². The van der Waals surface area contributed by atoms with E-state index in [-0.39, 0.29) is 11.8 Å². The van der Waals surface area contributed by atoms with Gasteiger partial charge in [-0.1, -0.05) is 0 Å². The monoisotopic (exact) mass is 242 g/mol. The Morgan fingerprint density at radius 2 is 2.07 bits per heavy atom. The second-order valence-corrected chi connectivity index (χ2v) is 4.75. The Morgan fingerprint density at radius 1 is 1.53 bits per heavy atom. The van der Waals surface area contributed by atoms with Crippen molar-refractivity contribution >= 4 is 10.8 Å². The number of nitrogens with one attached hydrogen (secondary N) is 1. The quantitative estimate of drug-likeness (QED) is 0.784. The van der Waals surface area contributed by atoms with Crippen molar-refractivity contribution in [1.29, 1.82) is 5.26 Å². The van der Waals surface area contributed by atoms with E-state index < -0.39 is 29.4 Å². The summed E-state index contributed by atoms with van der Waals surface area (Å²) < 4.78 is 47.1. The van der Waals surface area contributed by atoms with Crippen LogP contribution in [-0.2, 0) is 10.8 Å². The molecule has 7 heteroatoms. The Morgan fingerprint density at radius 3 is 2.40 bits per heavy atom. The minimum atomic E-state index is -4.51. The van der Waals surface area contributed by atoms with Gasteiger partial charge in [-0.15, -0.1) is 0 Å². The van der Waals surface area contributed by atoms with E-state index in [1.54, 1.807) is 6.92 Å². The standard InChI is InChI=1S/C8H13F3N2OS/c1-6(5-15(2)14)13-4-7(3-12)8(9,10)11/h6-7,13H,4-5H2,1-2H3. The van der Waals surface area contributed by atoms with Crippen molar-refractivity contribution in [3.63, 3.8) is 0 Å². The van der Waals surface area contributed by atoms with E-state index in [4.69, 9.17) is 5.26 Å². The molecule has 3 unspecified atom stereocenters. The highest BCUT2D eigenvalue weighted by Gasteiger charge is 2.39. The van der Waals surface area contributed by atoms with Crippen molar-refractivity contribution < 1.29 is 17.4 Å². The first-order chi connectivity index (χ1) is 6.77. The smallest absolute Gasteiger partial charge is 0.312 e. The highest BCUT2D eigenvalue weighted by molar-refractivity contribution is 7.84. The molecule has 0 heterocycles. The molecule has 0 radical (unpaired) electrons. The molecule has 0 fully saturated rings. The number of hydrogen-bond acceptors (Lipinski definition) is 3. The lowest BCUT2D eigenvalue weighted by Crippen LogP contribution is -2.39. The molecule has 0 aliphatic heterocycles. The molecular formula is C8H13F3N2OS. The van der Waals surface area contributed by atoms with Crippen LogP contribution in [-0.4, -0.2) is 35.0 Å². The van der Waals surface area contributed by atoms with Crippen LogP contribution in [0.1, 0.15) is 6.92 Å². The Hall–Kier alpha value is -0.610. The van der Waals surface area contributed by atoms with Gasteiger partial charge in [-0.2, -0.15) is 18.4 Å². The Labute approximate surface area is 89.1 Å². The predicted molar refractivity (Wildman–Crippen MR) is 51.6 cm³/mol. The Kier molecular flexibility index (Phi) is 5.83. The van der Waals surface area contributed by atoms with Gasteiger partial charge in [0.2, 0.25) is 0 Å². The second-order valence-electron chi connectivity index (χ2n) is 3.27. The van der Waals surface area contributed by atoms with Crippen LogP contribution in [0.25, 0.3) is 0 Å². The van der Waals surface area contributed by atoms with Gasteiger partial charge in [0.15, 0.2) is 5.92 Å². The lowest BCUT2D eigenvalue weighted by Gasteiger charge is -2.17. The molecule has 0 saturated heterocycles. The van der Waals surface area contributed by atoms with E-state index in [0.717, 1.165) is 0 Å². The molecule has 0 aromatic heterocycles. The second kappa shape index (κ2) is 6.08. The molecule has 88 valence electrons. The maximum Gasteiger partial charge on any atom is 0.405 e. The minimum absolute atomic E-state index is 0.274. The van der Waals surface area contributed by atoms with Crippen LogP contribution in [0.2, 0.25) is 0 Å². The summed E-state index contributed by atoms with van der Waals surface area (Å²) >= 11 is 0. The third-order valence-corrected chi connectivity index (χ3v) is 2.68. The van der Waals surface area contributed by atoms with Crippen molar-refractivity contribution in [3.8, 4) is 6.07 Å². The first-order valence-electron chi connectivity index (χ1n) is 4.27. The van der Waals surface area contributed by atoms with Crippen LogP contribution in [0.15, 0.2) is 0 Å². The lowest BCUT2D eigenvalue weighted by atomic mass is 10.1. The van der Waals surface area contributed by atoms with E-state index in [0.29, 0.717) is 0 Å². The summed E-state index contributed by atoms with van der Waals surface area (Å²) in [6.45, 7) is 1.17. The van der Waals surface area contributed by atoms with E-state index in [9.17, 15) is 17.4 Å². The van der Waals surface area contributed by atoms with Crippen LogP contribution in [0, 0.1) is 17.2 Å². The molecule has 0 spiro atoms. The lowest BCUT2D eigenvalue weighted by molar-refractivity contribution is -0.157. The van der Waals surface area contributed by atoms with E-state index in [2.05, 4.69) is 5.32 Å². The first kappa shape index (κ1) is 14.4. The van der Waals surface area contributed by atoms with Gasteiger partial charge in [0, 0.05) is 35.4 Å². The molecule has 3 atom stereocenters. The van der Waals surface area contributed by atoms with Gasteiger partial charge >= 0.3 is 6.18 Å². The zero-order valence-corrected chi connectivity index (χ0v) is 9.28. The molecule has 3 nitrogen and oxygen atoms in total. The molecular weight excluding hydrogens is 229 g/mol. The summed E-state index contributed by atoms with van der Waals surface area (Å²) in [4.78, 5) is 0. The Bertz CT molecular complexity index is 262.